The molecule has 2 N–H and O–H groups in total. The molecule has 0 aromatic heterocycles. The number of hydrogen-bond acceptors (Lipinski definition) is 4. The fraction of sp³-hybridized carbons (Fsp3) is 1.00. The molecule has 0 amide bonds. The first-order valence-electron chi connectivity index (χ1n) is 15.0. The van der Waals surface area contributed by atoms with Crippen molar-refractivity contribution in [2.24, 2.45) is 58.2 Å². The summed E-state index contributed by atoms with van der Waals surface area (Å²) in [5, 5.41) is 21.7. The second-order valence-electron chi connectivity index (χ2n) is 15.0. The summed E-state index contributed by atoms with van der Waals surface area (Å²) in [4.78, 5) is 0. The summed E-state index contributed by atoms with van der Waals surface area (Å²) in [5.41, 5.74) is 0.510. The van der Waals surface area contributed by atoms with Crippen molar-refractivity contribution < 1.29 is 19.7 Å². The van der Waals surface area contributed by atoms with E-state index in [0.29, 0.717) is 46.8 Å². The topological polar surface area (TPSA) is 58.9 Å². The van der Waals surface area contributed by atoms with E-state index < -0.39 is 5.79 Å². The van der Waals surface area contributed by atoms with Gasteiger partial charge in [0.15, 0.2) is 5.79 Å². The van der Waals surface area contributed by atoms with Crippen LogP contribution >= 0.6 is 0 Å². The molecular weight excluding hydrogens is 436 g/mol. The number of rotatable bonds is 4. The van der Waals surface area contributed by atoms with Crippen molar-refractivity contribution in [1.29, 1.82) is 0 Å². The Morgan fingerprint density at radius 2 is 1.34 bits per heavy atom. The highest BCUT2D eigenvalue weighted by Crippen LogP contribution is 2.68. The molecule has 4 saturated carbocycles. The van der Waals surface area contributed by atoms with E-state index in [1.165, 1.54) is 25.7 Å². The van der Waals surface area contributed by atoms with Gasteiger partial charge in [-0.2, -0.15) is 0 Å². The fourth-order valence-electron chi connectivity index (χ4n) is 10.4. The molecular formula is C31H54O4. The summed E-state index contributed by atoms with van der Waals surface area (Å²) in [6, 6.07) is 0. The van der Waals surface area contributed by atoms with Crippen LogP contribution in [0.4, 0.5) is 0 Å². The number of aliphatic hydroxyl groups is 2. The van der Waals surface area contributed by atoms with Crippen molar-refractivity contribution in [3.8, 4) is 0 Å². The van der Waals surface area contributed by atoms with Crippen LogP contribution in [0.2, 0.25) is 0 Å². The molecule has 35 heavy (non-hydrogen) atoms. The zero-order valence-corrected chi connectivity index (χ0v) is 23.8. The summed E-state index contributed by atoms with van der Waals surface area (Å²) in [6.07, 6.45) is 8.74. The number of ether oxygens (including phenoxy) is 2. The van der Waals surface area contributed by atoms with Crippen molar-refractivity contribution in [3.05, 3.63) is 0 Å². The molecule has 4 aliphatic carbocycles. The third kappa shape index (κ3) is 4.16. The predicted octanol–water partition coefficient (Wildman–Crippen LogP) is 6.43. The normalized spacial score (nSPS) is 53.1. The lowest BCUT2D eigenvalue weighted by atomic mass is 9.43. The van der Waals surface area contributed by atoms with Crippen molar-refractivity contribution in [3.63, 3.8) is 0 Å². The summed E-state index contributed by atoms with van der Waals surface area (Å²) >= 11 is 0. The Kier molecular flexibility index (Phi) is 6.77. The molecule has 5 aliphatic rings. The summed E-state index contributed by atoms with van der Waals surface area (Å²) in [6.45, 7) is 18.6. The minimum absolute atomic E-state index is 0.152. The molecule has 4 heteroatoms. The molecule has 202 valence electrons. The Bertz CT molecular complexity index is 780. The van der Waals surface area contributed by atoms with E-state index in [2.05, 4.69) is 55.4 Å². The van der Waals surface area contributed by atoms with Crippen molar-refractivity contribution >= 4 is 0 Å². The van der Waals surface area contributed by atoms with Gasteiger partial charge in [-0.05, 0) is 123 Å². The smallest absolute Gasteiger partial charge is 0.163 e. The summed E-state index contributed by atoms with van der Waals surface area (Å²) < 4.78 is 13.2. The average molecular weight is 491 g/mol. The van der Waals surface area contributed by atoms with Crippen molar-refractivity contribution in [2.45, 2.75) is 137 Å². The summed E-state index contributed by atoms with van der Waals surface area (Å²) in [5.74, 6) is 3.95. The number of aliphatic hydroxyl groups excluding tert-OH is 2. The first kappa shape index (κ1) is 26.4. The van der Waals surface area contributed by atoms with Gasteiger partial charge in [-0.25, -0.2) is 0 Å². The second kappa shape index (κ2) is 8.95. The molecule has 0 spiro atoms. The van der Waals surface area contributed by atoms with Gasteiger partial charge < -0.3 is 19.7 Å². The lowest BCUT2D eigenvalue weighted by Crippen LogP contribution is -2.58. The SMILES string of the molecule is CC(C)[C@@H](C)[C@H]1OC(C)(C)O[C@@H]1[C@@H](C)[C@H]1CC[C@H]2[C@@H]3C[C@H](O)[C@@H]4C[C@H](O)CC[C@]4(C)[C@H]3CC[C@]12C. The Morgan fingerprint density at radius 1 is 0.714 bits per heavy atom. The van der Waals surface area contributed by atoms with Crippen LogP contribution in [0.5, 0.6) is 0 Å². The lowest BCUT2D eigenvalue weighted by molar-refractivity contribution is -0.176. The van der Waals surface area contributed by atoms with Gasteiger partial charge in [-0.3, -0.25) is 0 Å². The first-order chi connectivity index (χ1) is 16.3. The Balaban J connectivity index is 1.38. The van der Waals surface area contributed by atoms with Gasteiger partial charge in [-0.15, -0.1) is 0 Å². The highest BCUT2D eigenvalue weighted by molar-refractivity contribution is 5.12. The van der Waals surface area contributed by atoms with Crippen LogP contribution in [0.25, 0.3) is 0 Å². The van der Waals surface area contributed by atoms with Gasteiger partial charge in [0.05, 0.1) is 24.4 Å². The van der Waals surface area contributed by atoms with Crippen molar-refractivity contribution in [2.75, 3.05) is 0 Å². The quantitative estimate of drug-likeness (QED) is 0.477. The fourth-order valence-corrected chi connectivity index (χ4v) is 10.4. The molecule has 1 aliphatic heterocycles. The molecule has 0 radical (unpaired) electrons. The predicted molar refractivity (Wildman–Crippen MR) is 140 cm³/mol. The van der Waals surface area contributed by atoms with Gasteiger partial charge >= 0.3 is 0 Å². The van der Waals surface area contributed by atoms with Crippen LogP contribution in [-0.4, -0.2) is 40.4 Å². The third-order valence-corrected chi connectivity index (χ3v) is 12.6. The van der Waals surface area contributed by atoms with Crippen molar-refractivity contribution in [1.82, 2.24) is 0 Å². The largest absolute Gasteiger partial charge is 0.393 e. The van der Waals surface area contributed by atoms with Crippen LogP contribution in [0, 0.1) is 58.2 Å². The maximum absolute atomic E-state index is 11.3. The van der Waals surface area contributed by atoms with Crippen LogP contribution in [0.15, 0.2) is 0 Å². The highest BCUT2D eigenvalue weighted by atomic mass is 16.8. The van der Waals surface area contributed by atoms with Crippen LogP contribution in [0.1, 0.15) is 107 Å². The zero-order valence-electron chi connectivity index (χ0n) is 23.8. The molecule has 0 unspecified atom stereocenters. The molecule has 0 aromatic rings. The Morgan fingerprint density at radius 3 is 2.03 bits per heavy atom. The van der Waals surface area contributed by atoms with Crippen LogP contribution in [-0.2, 0) is 9.47 Å². The minimum Gasteiger partial charge on any atom is -0.393 e. The van der Waals surface area contributed by atoms with Gasteiger partial charge in [0.25, 0.3) is 0 Å². The molecule has 5 rings (SSSR count). The van der Waals surface area contributed by atoms with Gasteiger partial charge in [-0.1, -0.05) is 41.5 Å². The lowest BCUT2D eigenvalue weighted by Gasteiger charge is -2.62. The van der Waals surface area contributed by atoms with E-state index >= 15 is 0 Å². The minimum atomic E-state index is -0.508. The number of fused-ring (bicyclic) bond motifs is 5. The van der Waals surface area contributed by atoms with E-state index in [9.17, 15) is 10.2 Å². The standard InChI is InChI=1S/C31H54O4/c1-17(2)18(3)27-28(35-29(5,6)34-27)19(4)22-9-10-23-21-16-26(33)25-15-20(32)11-13-31(25,8)24(21)12-14-30(22,23)7/h17-28,32-33H,9-16H2,1-8H3/t18-,19+,20-,21+,22-,23+,24+,25+,26+,27-,28-,30-,31-/m1/s1. The van der Waals surface area contributed by atoms with Gasteiger partial charge in [0.1, 0.15) is 0 Å². The van der Waals surface area contributed by atoms with E-state index in [1.54, 1.807) is 0 Å². The van der Waals surface area contributed by atoms with Gasteiger partial charge in [0.2, 0.25) is 0 Å². The molecule has 0 aromatic carbocycles. The first-order valence-corrected chi connectivity index (χ1v) is 15.0. The van der Waals surface area contributed by atoms with Gasteiger partial charge in [0, 0.05) is 0 Å². The Labute approximate surface area is 214 Å². The second-order valence-corrected chi connectivity index (χ2v) is 15.0. The molecule has 5 fully saturated rings. The Hall–Kier alpha value is -0.160. The molecule has 4 nitrogen and oxygen atoms in total. The van der Waals surface area contributed by atoms with E-state index in [0.717, 1.165) is 25.7 Å². The molecule has 1 heterocycles. The molecule has 0 bridgehead atoms. The maximum Gasteiger partial charge on any atom is 0.163 e. The molecule has 13 atom stereocenters. The highest BCUT2D eigenvalue weighted by Gasteiger charge is 2.63. The van der Waals surface area contributed by atoms with E-state index in [1.807, 2.05) is 0 Å². The van der Waals surface area contributed by atoms with Crippen LogP contribution in [0.3, 0.4) is 0 Å². The van der Waals surface area contributed by atoms with Crippen LogP contribution < -0.4 is 0 Å². The van der Waals surface area contributed by atoms with E-state index in [-0.39, 0.29) is 35.7 Å². The third-order valence-electron chi connectivity index (χ3n) is 12.6. The monoisotopic (exact) mass is 490 g/mol. The average Bonchev–Trinajstić information content (AvgIpc) is 3.30. The zero-order chi connectivity index (χ0) is 25.5. The summed E-state index contributed by atoms with van der Waals surface area (Å²) in [7, 11) is 0. The van der Waals surface area contributed by atoms with E-state index in [4.69, 9.17) is 9.47 Å². The number of hydrogen-bond donors (Lipinski definition) is 2. The molecule has 1 saturated heterocycles. The maximum atomic E-state index is 11.3.